The van der Waals surface area contributed by atoms with E-state index in [-0.39, 0.29) is 41.1 Å². The molecule has 4 aliphatic carbocycles. The number of nitrogens with two attached hydrogens (primary N) is 1. The van der Waals surface area contributed by atoms with Crippen molar-refractivity contribution in [1.29, 1.82) is 0 Å². The average molecular weight is 471 g/mol. The Balaban J connectivity index is 1.84. The van der Waals surface area contributed by atoms with E-state index >= 15 is 0 Å². The van der Waals surface area contributed by atoms with Crippen LogP contribution in [0.2, 0.25) is 0 Å². The van der Waals surface area contributed by atoms with Gasteiger partial charge in [-0.15, -0.1) is 0 Å². The van der Waals surface area contributed by atoms with Gasteiger partial charge in [-0.25, -0.2) is 4.99 Å². The molecule has 4 aliphatic rings. The second-order valence-electron chi connectivity index (χ2n) is 10.3. The second-order valence-corrected chi connectivity index (χ2v) is 10.3. The van der Waals surface area contributed by atoms with Gasteiger partial charge in [-0.1, -0.05) is 6.08 Å². The SMILES string of the molecule is CN=C/C(C(=O)NC1C2CC3CC1CC(O)(C3)C2)=C(/N=CC=CN)N/C=C/C(C)(C)C(=O)NC. The topological polar surface area (TPSA) is 141 Å². The summed E-state index contributed by atoms with van der Waals surface area (Å²) in [5, 5.41) is 19.8. The maximum absolute atomic E-state index is 13.4. The summed E-state index contributed by atoms with van der Waals surface area (Å²) in [6.07, 6.45) is 13.6. The number of carbonyl (C=O) groups excluding carboxylic acids is 2. The first-order valence-corrected chi connectivity index (χ1v) is 11.9. The van der Waals surface area contributed by atoms with E-state index in [0.717, 1.165) is 32.1 Å². The fourth-order valence-electron chi connectivity index (χ4n) is 5.88. The normalized spacial score (nSPS) is 31.6. The Morgan fingerprint density at radius 3 is 2.41 bits per heavy atom. The highest BCUT2D eigenvalue weighted by atomic mass is 16.3. The van der Waals surface area contributed by atoms with Crippen LogP contribution in [0.15, 0.2) is 45.9 Å². The van der Waals surface area contributed by atoms with Gasteiger partial charge in [0.05, 0.1) is 16.6 Å². The number of carbonyl (C=O) groups is 2. The molecule has 2 unspecified atom stereocenters. The lowest BCUT2D eigenvalue weighted by Crippen LogP contribution is -2.61. The maximum Gasteiger partial charge on any atom is 0.256 e. The van der Waals surface area contributed by atoms with Gasteiger partial charge >= 0.3 is 0 Å². The van der Waals surface area contributed by atoms with Gasteiger partial charge in [0.2, 0.25) is 5.91 Å². The van der Waals surface area contributed by atoms with Gasteiger partial charge in [0, 0.05) is 32.6 Å². The Morgan fingerprint density at radius 1 is 1.18 bits per heavy atom. The van der Waals surface area contributed by atoms with Crippen molar-refractivity contribution < 1.29 is 14.7 Å². The van der Waals surface area contributed by atoms with Crippen molar-refractivity contribution in [3.8, 4) is 0 Å². The molecule has 4 rings (SSSR count). The number of amides is 2. The summed E-state index contributed by atoms with van der Waals surface area (Å²) in [5.41, 5.74) is 4.39. The molecule has 2 amide bonds. The van der Waals surface area contributed by atoms with Crippen LogP contribution in [0.25, 0.3) is 0 Å². The quantitative estimate of drug-likeness (QED) is 0.256. The van der Waals surface area contributed by atoms with E-state index in [2.05, 4.69) is 25.9 Å². The third-order valence-electron chi connectivity index (χ3n) is 7.23. The van der Waals surface area contributed by atoms with Crippen molar-refractivity contribution >= 4 is 24.2 Å². The van der Waals surface area contributed by atoms with E-state index < -0.39 is 11.0 Å². The Bertz CT molecular complexity index is 917. The molecule has 2 atom stereocenters. The molecule has 4 saturated carbocycles. The van der Waals surface area contributed by atoms with Crippen LogP contribution in [0.4, 0.5) is 0 Å². The molecule has 186 valence electrons. The molecule has 9 heteroatoms. The van der Waals surface area contributed by atoms with Crippen LogP contribution in [0.5, 0.6) is 0 Å². The molecular weight excluding hydrogens is 432 g/mol. The number of hydrogen-bond acceptors (Lipinski definition) is 7. The van der Waals surface area contributed by atoms with Gasteiger partial charge < -0.3 is 26.8 Å². The Morgan fingerprint density at radius 2 is 1.85 bits per heavy atom. The lowest BCUT2D eigenvalue weighted by atomic mass is 9.52. The van der Waals surface area contributed by atoms with Gasteiger partial charge in [-0.05, 0) is 82.2 Å². The number of aliphatic imine (C=N–C) groups is 2. The zero-order chi connectivity index (χ0) is 24.9. The first-order valence-electron chi connectivity index (χ1n) is 11.9. The van der Waals surface area contributed by atoms with E-state index in [4.69, 9.17) is 5.73 Å². The van der Waals surface area contributed by atoms with Gasteiger partial charge in [0.1, 0.15) is 5.82 Å². The molecule has 0 saturated heterocycles. The molecular formula is C25H38N6O3. The summed E-state index contributed by atoms with van der Waals surface area (Å²) >= 11 is 0. The van der Waals surface area contributed by atoms with Crippen molar-refractivity contribution in [1.82, 2.24) is 16.0 Å². The van der Waals surface area contributed by atoms with E-state index in [0.29, 0.717) is 5.92 Å². The molecule has 34 heavy (non-hydrogen) atoms. The number of hydrogen-bond donors (Lipinski definition) is 5. The first kappa shape index (κ1) is 25.7. The molecule has 4 fully saturated rings. The third-order valence-corrected chi connectivity index (χ3v) is 7.23. The molecule has 6 N–H and O–H groups in total. The van der Waals surface area contributed by atoms with Crippen LogP contribution >= 0.6 is 0 Å². The average Bonchev–Trinajstić information content (AvgIpc) is 2.77. The summed E-state index contributed by atoms with van der Waals surface area (Å²) in [5.74, 6) is 1.00. The summed E-state index contributed by atoms with van der Waals surface area (Å²) < 4.78 is 0. The minimum absolute atomic E-state index is 0.0291. The van der Waals surface area contributed by atoms with Gasteiger partial charge in [0.15, 0.2) is 0 Å². The number of nitrogens with zero attached hydrogens (tertiary/aromatic N) is 2. The van der Waals surface area contributed by atoms with Crippen LogP contribution in [0.3, 0.4) is 0 Å². The molecule has 0 heterocycles. The predicted octanol–water partition coefficient (Wildman–Crippen LogP) is 1.37. The molecule has 9 nitrogen and oxygen atoms in total. The highest BCUT2D eigenvalue weighted by molar-refractivity contribution is 6.13. The van der Waals surface area contributed by atoms with Crippen molar-refractivity contribution in [2.75, 3.05) is 14.1 Å². The molecule has 0 aliphatic heterocycles. The smallest absolute Gasteiger partial charge is 0.256 e. The largest absolute Gasteiger partial charge is 0.405 e. The van der Waals surface area contributed by atoms with Crippen LogP contribution in [0.1, 0.15) is 46.0 Å². The molecule has 0 radical (unpaired) electrons. The maximum atomic E-state index is 13.4. The van der Waals surface area contributed by atoms with Crippen LogP contribution in [-0.4, -0.2) is 55.1 Å². The fraction of sp³-hybridized carbons (Fsp3) is 0.600. The van der Waals surface area contributed by atoms with Gasteiger partial charge in [0.25, 0.3) is 5.91 Å². The van der Waals surface area contributed by atoms with Crippen LogP contribution in [0, 0.1) is 23.2 Å². The van der Waals surface area contributed by atoms with E-state index in [1.807, 2.05) is 0 Å². The minimum atomic E-state index is -0.754. The first-order chi connectivity index (χ1) is 16.1. The fourth-order valence-corrected chi connectivity index (χ4v) is 5.88. The van der Waals surface area contributed by atoms with Gasteiger partial charge in [-0.2, -0.15) is 0 Å². The predicted molar refractivity (Wildman–Crippen MR) is 134 cm³/mol. The summed E-state index contributed by atoms with van der Waals surface area (Å²) in [7, 11) is 3.18. The highest BCUT2D eigenvalue weighted by Crippen LogP contribution is 2.55. The minimum Gasteiger partial charge on any atom is -0.405 e. The lowest BCUT2D eigenvalue weighted by molar-refractivity contribution is -0.145. The van der Waals surface area contributed by atoms with Crippen molar-refractivity contribution in [2.45, 2.75) is 57.6 Å². The highest BCUT2D eigenvalue weighted by Gasteiger charge is 2.55. The van der Waals surface area contributed by atoms with Crippen molar-refractivity contribution in [3.63, 3.8) is 0 Å². The molecule has 0 aromatic heterocycles. The van der Waals surface area contributed by atoms with Crippen LogP contribution < -0.4 is 21.7 Å². The van der Waals surface area contributed by atoms with E-state index in [1.54, 1.807) is 46.3 Å². The Labute approximate surface area is 201 Å². The Hall–Kier alpha value is -2.94. The van der Waals surface area contributed by atoms with Crippen molar-refractivity contribution in [3.05, 3.63) is 35.9 Å². The molecule has 0 aromatic carbocycles. The van der Waals surface area contributed by atoms with Crippen LogP contribution in [-0.2, 0) is 9.59 Å². The summed E-state index contributed by atoms with van der Waals surface area (Å²) in [4.78, 5) is 33.9. The number of allylic oxidation sites excluding steroid dienone is 1. The molecule has 0 spiro atoms. The zero-order valence-electron chi connectivity index (χ0n) is 20.5. The number of rotatable bonds is 9. The molecule has 0 aromatic rings. The van der Waals surface area contributed by atoms with E-state index in [1.165, 1.54) is 18.6 Å². The van der Waals surface area contributed by atoms with E-state index in [9.17, 15) is 14.7 Å². The lowest BCUT2D eigenvalue weighted by Gasteiger charge is -2.58. The standard InChI is InChI=1S/C25H38N6O3/c1-24(2,23(33)28-4)6-9-30-21(29-8-5-7-26)19(15-27-3)22(32)31-20-17-10-16-11-18(20)14-25(34,12-16)13-17/h5-9,15-18,20,30,34H,10-14,26H2,1-4H3,(H,28,33)(H,31,32)/b7-5?,9-6+,21-19+,27-15?,29-8?. The number of nitrogens with one attached hydrogen (secondary N) is 3. The summed E-state index contributed by atoms with van der Waals surface area (Å²) in [6.45, 7) is 3.57. The second kappa shape index (κ2) is 10.5. The summed E-state index contributed by atoms with van der Waals surface area (Å²) in [6, 6.07) is 0.0291. The molecule has 4 bridgehead atoms. The van der Waals surface area contributed by atoms with Crippen molar-refractivity contribution in [2.24, 2.45) is 38.9 Å². The monoisotopic (exact) mass is 470 g/mol. The Kier molecular flexibility index (Phi) is 7.97. The third kappa shape index (κ3) is 5.75. The number of aliphatic hydroxyl groups is 1. The van der Waals surface area contributed by atoms with Gasteiger partial charge in [-0.3, -0.25) is 14.6 Å². The zero-order valence-corrected chi connectivity index (χ0v) is 20.5.